The second-order valence-electron chi connectivity index (χ2n) is 25.3. The second-order valence-corrected chi connectivity index (χ2v) is 25.3. The largest absolute Gasteiger partial charge is 0.344 e. The van der Waals surface area contributed by atoms with Gasteiger partial charge in [-0.15, -0.1) is 0 Å². The van der Waals surface area contributed by atoms with Crippen molar-refractivity contribution in [2.75, 3.05) is 28.4 Å². The van der Waals surface area contributed by atoms with E-state index >= 15 is 0 Å². The van der Waals surface area contributed by atoms with E-state index in [2.05, 4.69) is 287 Å². The van der Waals surface area contributed by atoms with Gasteiger partial charge < -0.3 is 14.7 Å². The number of hydrogen-bond donors (Lipinski definition) is 0. The predicted molar refractivity (Wildman–Crippen MR) is 314 cm³/mol. The fraction of sp³-hybridized carbons (Fsp3) is 0.309. The van der Waals surface area contributed by atoms with Gasteiger partial charge in [-0.2, -0.15) is 0 Å². The van der Waals surface area contributed by atoms with Gasteiger partial charge in [-0.05, 0) is 145 Å². The van der Waals surface area contributed by atoms with E-state index in [1.165, 1.54) is 72.3 Å². The summed E-state index contributed by atoms with van der Waals surface area (Å²) in [7, 11) is 2.19. The van der Waals surface area contributed by atoms with E-state index in [-0.39, 0.29) is 27.1 Å². The minimum Gasteiger partial charge on any atom is -0.344 e. The molecule has 2 aromatic heterocycles. The Kier molecular flexibility index (Phi) is 12.1. The lowest BCUT2D eigenvalue weighted by Crippen LogP contribution is -2.25. The van der Waals surface area contributed by atoms with Gasteiger partial charge in [-0.1, -0.05) is 182 Å². The molecule has 0 fully saturated rings. The first-order valence-electron chi connectivity index (χ1n) is 26.3. The third kappa shape index (κ3) is 9.33. The maximum Gasteiger partial charge on any atom is 0.137 e. The number of aromatic nitrogens is 2. The number of rotatable bonds is 8. The summed E-state index contributed by atoms with van der Waals surface area (Å²) >= 11 is 0. The number of fused-ring (bicyclic) bond motifs is 4. The van der Waals surface area contributed by atoms with Crippen molar-refractivity contribution in [3.8, 4) is 16.9 Å². The Morgan fingerprint density at radius 2 is 0.945 bits per heavy atom. The van der Waals surface area contributed by atoms with Crippen LogP contribution in [0.5, 0.6) is 0 Å². The summed E-state index contributed by atoms with van der Waals surface area (Å²) in [5.74, 6) is 0.905. The Bertz CT molecular complexity index is 3460. The first-order chi connectivity index (χ1) is 34.4. The van der Waals surface area contributed by atoms with Gasteiger partial charge in [0, 0.05) is 52.2 Å². The lowest BCUT2D eigenvalue weighted by Gasteiger charge is -2.32. The van der Waals surface area contributed by atoms with Gasteiger partial charge >= 0.3 is 0 Å². The first-order valence-corrected chi connectivity index (χ1v) is 26.3. The van der Waals surface area contributed by atoms with Gasteiger partial charge in [-0.3, -0.25) is 4.57 Å². The molecule has 1 aliphatic rings. The monoisotopic (exact) mass is 962 g/mol. The van der Waals surface area contributed by atoms with Crippen LogP contribution in [0, 0.1) is 0 Å². The highest BCUT2D eigenvalue weighted by molar-refractivity contribution is 6.11. The molecule has 5 heteroatoms. The van der Waals surface area contributed by atoms with Crippen LogP contribution in [0.3, 0.4) is 0 Å². The summed E-state index contributed by atoms with van der Waals surface area (Å²) in [5, 5.41) is 2.39. The van der Waals surface area contributed by atoms with Gasteiger partial charge in [0.05, 0.1) is 22.4 Å². The maximum absolute atomic E-state index is 5.19. The van der Waals surface area contributed by atoms with E-state index < -0.39 is 0 Å². The van der Waals surface area contributed by atoms with Crippen molar-refractivity contribution in [3.63, 3.8) is 0 Å². The van der Waals surface area contributed by atoms with Crippen LogP contribution in [0.1, 0.15) is 130 Å². The molecule has 0 unspecified atom stereocenters. The molecule has 1 aliphatic heterocycles. The molecule has 9 aromatic rings. The first kappa shape index (κ1) is 49.5. The third-order valence-electron chi connectivity index (χ3n) is 15.6. The average molecular weight is 962 g/mol. The number of benzene rings is 7. The molecular formula is C68H75N5. The Morgan fingerprint density at radius 3 is 1.55 bits per heavy atom. The SMILES string of the molecule is CN(c1cccc(N2CN(c3cc(C(C)(C)C)cc(C(C)(C)C)c3)c3ccccc32)c1)c1ccc2c3cc(-c4ccccc4)ccc3n(-c3cc(C(C)(C)c4cc(C(C)(C)C)cc(C(C)(C)C)c4)ccn3)c2c1. The van der Waals surface area contributed by atoms with Gasteiger partial charge in [0.1, 0.15) is 12.5 Å². The molecule has 3 heterocycles. The quantitative estimate of drug-likeness (QED) is 0.152. The minimum absolute atomic E-state index is 0.0138. The molecule has 0 N–H and O–H groups in total. The topological polar surface area (TPSA) is 27.5 Å². The number of hydrogen-bond acceptors (Lipinski definition) is 4. The van der Waals surface area contributed by atoms with Crippen LogP contribution >= 0.6 is 0 Å². The Labute approximate surface area is 436 Å². The highest BCUT2D eigenvalue weighted by atomic mass is 15.4. The summed E-state index contributed by atoms with van der Waals surface area (Å²) in [5.41, 5.74) is 19.4. The Morgan fingerprint density at radius 1 is 0.397 bits per heavy atom. The molecule has 73 heavy (non-hydrogen) atoms. The lowest BCUT2D eigenvalue weighted by atomic mass is 9.72. The highest BCUT2D eigenvalue weighted by Crippen LogP contribution is 2.47. The summed E-state index contributed by atoms with van der Waals surface area (Å²) in [6, 6.07) is 61.4. The molecular weight excluding hydrogens is 887 g/mol. The van der Waals surface area contributed by atoms with Crippen molar-refractivity contribution in [2.24, 2.45) is 0 Å². The molecule has 0 bridgehead atoms. The summed E-state index contributed by atoms with van der Waals surface area (Å²) in [4.78, 5) is 12.5. The van der Waals surface area contributed by atoms with E-state index in [1.54, 1.807) is 0 Å². The maximum atomic E-state index is 5.19. The molecule has 10 rings (SSSR count). The number of pyridine rings is 1. The fourth-order valence-corrected chi connectivity index (χ4v) is 10.5. The molecule has 0 atom stereocenters. The van der Waals surface area contributed by atoms with E-state index in [4.69, 9.17) is 4.98 Å². The molecule has 0 saturated heterocycles. The van der Waals surface area contributed by atoms with Crippen LogP contribution in [0.15, 0.2) is 170 Å². The second kappa shape index (κ2) is 17.8. The summed E-state index contributed by atoms with van der Waals surface area (Å²) in [6.45, 7) is 33.3. The van der Waals surface area contributed by atoms with Gasteiger partial charge in [0.2, 0.25) is 0 Å². The summed E-state index contributed by atoms with van der Waals surface area (Å²) < 4.78 is 2.38. The molecule has 0 spiro atoms. The Balaban J connectivity index is 1.06. The number of para-hydroxylation sites is 2. The van der Waals surface area contributed by atoms with Crippen LogP contribution in [-0.2, 0) is 27.1 Å². The van der Waals surface area contributed by atoms with Crippen LogP contribution in [-0.4, -0.2) is 23.3 Å². The molecule has 0 aliphatic carbocycles. The summed E-state index contributed by atoms with van der Waals surface area (Å²) in [6.07, 6.45) is 2.00. The molecule has 5 nitrogen and oxygen atoms in total. The minimum atomic E-state index is -0.298. The van der Waals surface area contributed by atoms with Crippen LogP contribution in [0.2, 0.25) is 0 Å². The van der Waals surface area contributed by atoms with E-state index in [9.17, 15) is 0 Å². The zero-order valence-corrected chi connectivity index (χ0v) is 46.1. The number of anilines is 6. The van der Waals surface area contributed by atoms with Crippen molar-refractivity contribution in [3.05, 3.63) is 203 Å². The van der Waals surface area contributed by atoms with Gasteiger partial charge in [0.15, 0.2) is 0 Å². The third-order valence-corrected chi connectivity index (χ3v) is 15.6. The van der Waals surface area contributed by atoms with Gasteiger partial charge in [0.25, 0.3) is 0 Å². The smallest absolute Gasteiger partial charge is 0.137 e. The van der Waals surface area contributed by atoms with Crippen molar-refractivity contribution >= 4 is 55.9 Å². The van der Waals surface area contributed by atoms with Crippen LogP contribution in [0.4, 0.5) is 34.1 Å². The molecule has 372 valence electrons. The predicted octanol–water partition coefficient (Wildman–Crippen LogP) is 18.4. The molecule has 7 aromatic carbocycles. The highest BCUT2D eigenvalue weighted by Gasteiger charge is 2.32. The molecule has 0 amide bonds. The molecule has 0 saturated carbocycles. The van der Waals surface area contributed by atoms with E-state index in [1.807, 2.05) is 6.20 Å². The van der Waals surface area contributed by atoms with Crippen molar-refractivity contribution in [2.45, 2.75) is 124 Å². The number of nitrogens with zero attached hydrogens (tertiary/aromatic N) is 5. The van der Waals surface area contributed by atoms with Gasteiger partial charge in [-0.25, -0.2) is 4.98 Å². The molecule has 0 radical (unpaired) electrons. The van der Waals surface area contributed by atoms with Crippen molar-refractivity contribution < 1.29 is 0 Å². The zero-order valence-electron chi connectivity index (χ0n) is 46.1. The lowest BCUT2D eigenvalue weighted by molar-refractivity contribution is 0.557. The zero-order chi connectivity index (χ0) is 52.0. The van der Waals surface area contributed by atoms with Crippen LogP contribution in [0.25, 0.3) is 38.8 Å². The average Bonchev–Trinajstić information content (AvgIpc) is 3.91. The van der Waals surface area contributed by atoms with Crippen molar-refractivity contribution in [1.82, 2.24) is 9.55 Å². The van der Waals surface area contributed by atoms with Crippen molar-refractivity contribution in [1.29, 1.82) is 0 Å². The van der Waals surface area contributed by atoms with E-state index in [0.29, 0.717) is 6.67 Å². The fourth-order valence-electron chi connectivity index (χ4n) is 10.5. The standard InChI is InChI=1S/C68H75N5/c1-64(2,3)48-35-49(65(4,5)6)38-52(37-48)68(13,14)47-32-33-69-63(41-47)73-59-31-28-46(45-22-17-16-18-23-45)34-58(59)57-30-29-54(43-62(57)73)70(15)53-24-21-25-55(42-53)71-44-72(61-27-20-19-26-60(61)71)56-39-50(66(7,8)9)36-51(40-56)67(10,11)12/h16-43H,44H2,1-15H3. The van der Waals surface area contributed by atoms with E-state index in [0.717, 1.165) is 33.9 Å². The normalized spacial score (nSPS) is 13.6. The Hall–Kier alpha value is -7.11. The van der Waals surface area contributed by atoms with Crippen LogP contribution < -0.4 is 14.7 Å².